The third-order valence-electron chi connectivity index (χ3n) is 3.47. The minimum absolute atomic E-state index is 0.173. The number of aliphatic hydroxyl groups excluding tert-OH is 1. The fourth-order valence-corrected chi connectivity index (χ4v) is 2.31. The van der Waals surface area contributed by atoms with Crippen molar-refractivity contribution in [2.75, 3.05) is 13.2 Å². The maximum absolute atomic E-state index is 11.6. The molecule has 16 heavy (non-hydrogen) atoms. The van der Waals surface area contributed by atoms with Crippen molar-refractivity contribution >= 4 is 5.91 Å². The molecule has 0 aliphatic heterocycles. The van der Waals surface area contributed by atoms with Crippen LogP contribution in [0.3, 0.4) is 0 Å². The third kappa shape index (κ3) is 3.21. The largest absolute Gasteiger partial charge is 0.396 e. The minimum atomic E-state index is -0.533. The lowest BCUT2D eigenvalue weighted by Gasteiger charge is -2.18. The molecule has 1 amide bonds. The van der Waals surface area contributed by atoms with Crippen LogP contribution in [0.1, 0.15) is 32.6 Å². The molecule has 1 saturated carbocycles. The van der Waals surface area contributed by atoms with Crippen LogP contribution in [0.15, 0.2) is 0 Å². The Hall–Kier alpha value is -1.08. The van der Waals surface area contributed by atoms with Gasteiger partial charge in [-0.15, -0.1) is 0 Å². The summed E-state index contributed by atoms with van der Waals surface area (Å²) in [4.78, 5) is 11.6. The van der Waals surface area contributed by atoms with Gasteiger partial charge in [0, 0.05) is 13.2 Å². The van der Waals surface area contributed by atoms with Crippen LogP contribution in [0, 0.1) is 29.1 Å². The Kier molecular flexibility index (Phi) is 5.27. The molecular weight excluding hydrogens is 204 g/mol. The Labute approximate surface area is 96.6 Å². The fraction of sp³-hybridized carbons (Fsp3) is 0.833. The van der Waals surface area contributed by atoms with E-state index in [9.17, 15) is 4.79 Å². The first-order valence-corrected chi connectivity index (χ1v) is 6.01. The molecule has 1 rings (SSSR count). The van der Waals surface area contributed by atoms with E-state index in [2.05, 4.69) is 5.32 Å². The second-order valence-electron chi connectivity index (χ2n) is 4.47. The van der Waals surface area contributed by atoms with Gasteiger partial charge in [0.1, 0.15) is 5.92 Å². The van der Waals surface area contributed by atoms with Gasteiger partial charge in [-0.2, -0.15) is 5.26 Å². The van der Waals surface area contributed by atoms with Gasteiger partial charge in [-0.1, -0.05) is 13.3 Å². The Bertz CT molecular complexity index is 273. The Balaban J connectivity index is 2.34. The average molecular weight is 224 g/mol. The minimum Gasteiger partial charge on any atom is -0.396 e. The quantitative estimate of drug-likeness (QED) is 0.733. The molecule has 90 valence electrons. The summed E-state index contributed by atoms with van der Waals surface area (Å²) in [5.74, 6) is -0.00446. The maximum Gasteiger partial charge on any atom is 0.237 e. The lowest BCUT2D eigenvalue weighted by atomic mass is 9.96. The Morgan fingerprint density at radius 1 is 1.56 bits per heavy atom. The van der Waals surface area contributed by atoms with Crippen LogP contribution in [0.25, 0.3) is 0 Å². The number of amides is 1. The highest BCUT2D eigenvalue weighted by molar-refractivity contribution is 5.80. The lowest BCUT2D eigenvalue weighted by Crippen LogP contribution is -2.35. The zero-order chi connectivity index (χ0) is 12.0. The lowest BCUT2D eigenvalue weighted by molar-refractivity contribution is -0.123. The van der Waals surface area contributed by atoms with Gasteiger partial charge < -0.3 is 10.4 Å². The van der Waals surface area contributed by atoms with Crippen LogP contribution in [0.5, 0.6) is 0 Å². The van der Waals surface area contributed by atoms with Crippen molar-refractivity contribution < 1.29 is 9.90 Å². The molecule has 1 aliphatic carbocycles. The van der Waals surface area contributed by atoms with E-state index in [4.69, 9.17) is 10.4 Å². The number of aliphatic hydroxyl groups is 1. The van der Waals surface area contributed by atoms with Gasteiger partial charge in [-0.25, -0.2) is 0 Å². The van der Waals surface area contributed by atoms with Crippen LogP contribution >= 0.6 is 0 Å². The molecule has 0 bridgehead atoms. The number of nitrogens with zero attached hydrogens (tertiary/aromatic N) is 1. The van der Waals surface area contributed by atoms with Crippen molar-refractivity contribution in [3.8, 4) is 6.07 Å². The highest BCUT2D eigenvalue weighted by Crippen LogP contribution is 2.30. The highest BCUT2D eigenvalue weighted by atomic mass is 16.3. The van der Waals surface area contributed by atoms with Crippen LogP contribution < -0.4 is 5.32 Å². The van der Waals surface area contributed by atoms with Crippen molar-refractivity contribution in [3.63, 3.8) is 0 Å². The molecule has 0 radical (unpaired) electrons. The maximum atomic E-state index is 11.6. The molecule has 0 heterocycles. The van der Waals surface area contributed by atoms with E-state index in [1.807, 2.05) is 13.0 Å². The summed E-state index contributed by atoms with van der Waals surface area (Å²) >= 11 is 0. The van der Waals surface area contributed by atoms with Gasteiger partial charge in [0.25, 0.3) is 0 Å². The summed E-state index contributed by atoms with van der Waals surface area (Å²) in [6, 6.07) is 1.99. The van der Waals surface area contributed by atoms with E-state index in [-0.39, 0.29) is 12.5 Å². The molecule has 0 spiro atoms. The van der Waals surface area contributed by atoms with Crippen molar-refractivity contribution in [3.05, 3.63) is 0 Å². The Morgan fingerprint density at radius 3 is 2.81 bits per heavy atom. The Morgan fingerprint density at radius 2 is 2.25 bits per heavy atom. The smallest absolute Gasteiger partial charge is 0.237 e. The first-order valence-electron chi connectivity index (χ1n) is 6.01. The molecule has 4 heteroatoms. The standard InChI is InChI=1S/C12H20N2O2/c1-2-9(6-13)12(16)14-7-10-4-3-5-11(10)8-15/h9-11,15H,2-5,7-8H2,1H3,(H,14,16). The first-order chi connectivity index (χ1) is 7.72. The number of nitriles is 1. The van der Waals surface area contributed by atoms with E-state index in [1.54, 1.807) is 0 Å². The monoisotopic (exact) mass is 224 g/mol. The number of nitrogens with one attached hydrogen (secondary N) is 1. The molecule has 1 fully saturated rings. The van der Waals surface area contributed by atoms with Crippen molar-refractivity contribution in [1.82, 2.24) is 5.32 Å². The number of carbonyl (C=O) groups excluding carboxylic acids is 1. The number of carbonyl (C=O) groups is 1. The van der Waals surface area contributed by atoms with Gasteiger partial charge in [-0.3, -0.25) is 4.79 Å². The second-order valence-corrected chi connectivity index (χ2v) is 4.47. The van der Waals surface area contributed by atoms with Gasteiger partial charge in [-0.05, 0) is 31.1 Å². The molecule has 4 nitrogen and oxygen atoms in total. The topological polar surface area (TPSA) is 73.1 Å². The second kappa shape index (κ2) is 6.49. The summed E-state index contributed by atoms with van der Waals surface area (Å²) in [5, 5.41) is 20.7. The SMILES string of the molecule is CCC(C#N)C(=O)NCC1CCCC1CO. The van der Waals surface area contributed by atoms with Crippen LogP contribution in [-0.4, -0.2) is 24.2 Å². The molecule has 1 aliphatic rings. The van der Waals surface area contributed by atoms with E-state index in [0.717, 1.165) is 19.3 Å². The zero-order valence-electron chi connectivity index (χ0n) is 9.78. The first kappa shape index (κ1) is 13.0. The van der Waals surface area contributed by atoms with E-state index < -0.39 is 5.92 Å². The van der Waals surface area contributed by atoms with Crippen LogP contribution in [-0.2, 0) is 4.79 Å². The van der Waals surface area contributed by atoms with Gasteiger partial charge >= 0.3 is 0 Å². The molecular formula is C12H20N2O2. The molecule has 3 unspecified atom stereocenters. The predicted octanol–water partition coefficient (Wildman–Crippen LogP) is 1.06. The van der Waals surface area contributed by atoms with E-state index in [0.29, 0.717) is 24.8 Å². The van der Waals surface area contributed by atoms with Crippen molar-refractivity contribution in [1.29, 1.82) is 5.26 Å². The highest BCUT2D eigenvalue weighted by Gasteiger charge is 2.27. The molecule has 0 saturated heterocycles. The van der Waals surface area contributed by atoms with Crippen LogP contribution in [0.2, 0.25) is 0 Å². The number of rotatable bonds is 5. The predicted molar refractivity (Wildman–Crippen MR) is 60.3 cm³/mol. The van der Waals surface area contributed by atoms with Crippen molar-refractivity contribution in [2.45, 2.75) is 32.6 Å². The van der Waals surface area contributed by atoms with Crippen LogP contribution in [0.4, 0.5) is 0 Å². The summed E-state index contributed by atoms with van der Waals surface area (Å²) in [6.45, 7) is 2.64. The third-order valence-corrected chi connectivity index (χ3v) is 3.47. The van der Waals surface area contributed by atoms with E-state index in [1.165, 1.54) is 0 Å². The summed E-state index contributed by atoms with van der Waals surface area (Å²) in [7, 11) is 0. The zero-order valence-corrected chi connectivity index (χ0v) is 9.78. The summed E-state index contributed by atoms with van der Waals surface area (Å²) in [6.07, 6.45) is 3.79. The van der Waals surface area contributed by atoms with Gasteiger partial charge in [0.15, 0.2) is 0 Å². The molecule has 0 aromatic carbocycles. The normalized spacial score (nSPS) is 26.1. The van der Waals surface area contributed by atoms with Crippen molar-refractivity contribution in [2.24, 2.45) is 17.8 Å². The van der Waals surface area contributed by atoms with E-state index >= 15 is 0 Å². The summed E-state index contributed by atoms with van der Waals surface area (Å²) in [5.41, 5.74) is 0. The molecule has 3 atom stereocenters. The summed E-state index contributed by atoms with van der Waals surface area (Å²) < 4.78 is 0. The van der Waals surface area contributed by atoms with Gasteiger partial charge in [0.2, 0.25) is 5.91 Å². The molecule has 0 aromatic rings. The average Bonchev–Trinajstić information content (AvgIpc) is 2.75. The molecule has 0 aromatic heterocycles. The number of hydrogen-bond acceptors (Lipinski definition) is 3. The fourth-order valence-electron chi connectivity index (χ4n) is 2.31. The number of hydrogen-bond donors (Lipinski definition) is 2. The molecule has 2 N–H and O–H groups in total. The van der Waals surface area contributed by atoms with Gasteiger partial charge in [0.05, 0.1) is 6.07 Å².